The van der Waals surface area contributed by atoms with Gasteiger partial charge in [-0.3, -0.25) is 9.69 Å². The zero-order chi connectivity index (χ0) is 29.6. The Hall–Kier alpha value is -4.95. The number of hydrogen-bond acceptors (Lipinski definition) is 7. The Bertz CT molecular complexity index is 1700. The molecule has 0 amide bonds. The molecule has 0 N–H and O–H groups in total. The van der Waals surface area contributed by atoms with Crippen molar-refractivity contribution in [1.82, 2.24) is 15.0 Å². The minimum atomic E-state index is -1.10. The summed E-state index contributed by atoms with van der Waals surface area (Å²) in [4.78, 5) is 31.5. The molecule has 1 fully saturated rings. The summed E-state index contributed by atoms with van der Waals surface area (Å²) < 4.78 is 25.8. The van der Waals surface area contributed by atoms with Gasteiger partial charge in [-0.05, 0) is 41.7 Å². The SMILES string of the molecule is O=CC1(C(=O)OCc2ccccc2)CCN(Cc2ccc(-c3noc(-c4ccc(-c5ccccc5)c(F)c4)n3)cc2)CC1. The highest BCUT2D eigenvalue weighted by Gasteiger charge is 2.42. The fourth-order valence-electron chi connectivity index (χ4n) is 5.32. The van der Waals surface area contributed by atoms with Gasteiger partial charge in [-0.15, -0.1) is 0 Å². The molecule has 1 saturated heterocycles. The third kappa shape index (κ3) is 6.29. The van der Waals surface area contributed by atoms with E-state index in [9.17, 15) is 14.0 Å². The molecule has 43 heavy (non-hydrogen) atoms. The molecule has 216 valence electrons. The van der Waals surface area contributed by atoms with E-state index in [4.69, 9.17) is 9.26 Å². The number of halogens is 1. The third-order valence-electron chi connectivity index (χ3n) is 7.94. The number of carbonyl (C=O) groups is 2. The molecule has 1 aliphatic rings. The van der Waals surface area contributed by atoms with Crippen LogP contribution in [-0.2, 0) is 27.5 Å². The van der Waals surface area contributed by atoms with E-state index in [1.807, 2.05) is 84.9 Å². The fourth-order valence-corrected chi connectivity index (χ4v) is 5.32. The fraction of sp³-hybridized carbons (Fsp3) is 0.200. The number of aldehydes is 1. The van der Waals surface area contributed by atoms with E-state index < -0.39 is 11.4 Å². The molecule has 6 rings (SSSR count). The van der Waals surface area contributed by atoms with Gasteiger partial charge in [0.2, 0.25) is 5.82 Å². The average molecular weight is 576 g/mol. The Morgan fingerprint density at radius 2 is 1.53 bits per heavy atom. The van der Waals surface area contributed by atoms with E-state index in [0.717, 1.165) is 28.5 Å². The number of esters is 1. The number of likely N-dealkylation sites (tertiary alicyclic amines) is 1. The van der Waals surface area contributed by atoms with Gasteiger partial charge in [0, 0.05) is 36.3 Å². The summed E-state index contributed by atoms with van der Waals surface area (Å²) in [5, 5.41) is 4.10. The molecule has 5 aromatic rings. The van der Waals surface area contributed by atoms with Crippen molar-refractivity contribution >= 4 is 12.3 Å². The summed E-state index contributed by atoms with van der Waals surface area (Å²) in [5.41, 5.74) is 3.46. The normalized spacial score (nSPS) is 14.7. The lowest BCUT2D eigenvalue weighted by Crippen LogP contribution is -2.45. The Balaban J connectivity index is 1.05. The van der Waals surface area contributed by atoms with Gasteiger partial charge in [0.15, 0.2) is 0 Å². The van der Waals surface area contributed by atoms with Crippen LogP contribution in [0.15, 0.2) is 108 Å². The largest absolute Gasteiger partial charge is 0.460 e. The van der Waals surface area contributed by atoms with Gasteiger partial charge in [0.05, 0.1) is 0 Å². The van der Waals surface area contributed by atoms with Crippen LogP contribution in [0.2, 0.25) is 0 Å². The molecule has 4 aromatic carbocycles. The molecular weight excluding hydrogens is 545 g/mol. The van der Waals surface area contributed by atoms with Crippen LogP contribution in [0, 0.1) is 11.2 Å². The predicted octanol–water partition coefficient (Wildman–Crippen LogP) is 6.73. The van der Waals surface area contributed by atoms with Crippen molar-refractivity contribution in [2.75, 3.05) is 13.1 Å². The number of aromatic nitrogens is 2. The lowest BCUT2D eigenvalue weighted by molar-refractivity contribution is -0.161. The standard InChI is InChI=1S/C35H30FN3O4/c36-31-21-29(15-16-30(31)27-9-5-2-6-10-27)33-37-32(38-43-33)28-13-11-25(12-14-28)22-39-19-17-35(24-40,18-20-39)34(41)42-23-26-7-3-1-4-8-26/h1-16,21,24H,17-20,22-23H2. The van der Waals surface area contributed by atoms with Crippen LogP contribution in [0.4, 0.5) is 4.39 Å². The van der Waals surface area contributed by atoms with Gasteiger partial charge >= 0.3 is 5.97 Å². The van der Waals surface area contributed by atoms with Gasteiger partial charge in [-0.25, -0.2) is 4.39 Å². The summed E-state index contributed by atoms with van der Waals surface area (Å²) in [6, 6.07) is 31.5. The molecule has 0 atom stereocenters. The van der Waals surface area contributed by atoms with Crippen molar-refractivity contribution < 1.29 is 23.2 Å². The zero-order valence-corrected chi connectivity index (χ0v) is 23.5. The molecule has 0 aliphatic carbocycles. The van der Waals surface area contributed by atoms with E-state index in [1.54, 1.807) is 12.1 Å². The minimum absolute atomic E-state index is 0.157. The summed E-state index contributed by atoms with van der Waals surface area (Å²) >= 11 is 0. The Morgan fingerprint density at radius 3 is 2.21 bits per heavy atom. The molecule has 0 unspecified atom stereocenters. The molecule has 7 nitrogen and oxygen atoms in total. The van der Waals surface area contributed by atoms with Gasteiger partial charge < -0.3 is 14.1 Å². The smallest absolute Gasteiger partial charge is 0.319 e. The Morgan fingerprint density at radius 1 is 0.860 bits per heavy atom. The molecular formula is C35H30FN3O4. The molecule has 8 heteroatoms. The third-order valence-corrected chi connectivity index (χ3v) is 7.94. The number of carbonyl (C=O) groups excluding carboxylic acids is 2. The minimum Gasteiger partial charge on any atom is -0.460 e. The summed E-state index contributed by atoms with van der Waals surface area (Å²) in [5.74, 6) is -0.159. The molecule has 2 heterocycles. The van der Waals surface area contributed by atoms with E-state index in [1.165, 1.54) is 6.07 Å². The van der Waals surface area contributed by atoms with E-state index in [-0.39, 0.29) is 18.3 Å². The monoisotopic (exact) mass is 575 g/mol. The van der Waals surface area contributed by atoms with Crippen LogP contribution >= 0.6 is 0 Å². The van der Waals surface area contributed by atoms with Crippen LogP contribution in [-0.4, -0.2) is 40.4 Å². The van der Waals surface area contributed by atoms with Crippen molar-refractivity contribution in [2.24, 2.45) is 5.41 Å². The molecule has 0 radical (unpaired) electrons. The summed E-state index contributed by atoms with van der Waals surface area (Å²) in [6.45, 7) is 2.05. The summed E-state index contributed by atoms with van der Waals surface area (Å²) in [6.07, 6.45) is 1.60. The van der Waals surface area contributed by atoms with E-state index in [0.29, 0.717) is 49.4 Å². The lowest BCUT2D eigenvalue weighted by Gasteiger charge is -2.36. The number of piperidine rings is 1. The van der Waals surface area contributed by atoms with Crippen molar-refractivity contribution in [2.45, 2.75) is 26.0 Å². The maximum Gasteiger partial charge on any atom is 0.319 e. The number of rotatable bonds is 9. The van der Waals surface area contributed by atoms with Crippen molar-refractivity contribution in [3.63, 3.8) is 0 Å². The second-order valence-electron chi connectivity index (χ2n) is 10.8. The Labute approximate surface area is 248 Å². The van der Waals surface area contributed by atoms with Crippen LogP contribution < -0.4 is 0 Å². The average Bonchev–Trinajstić information content (AvgIpc) is 3.56. The van der Waals surface area contributed by atoms with Gasteiger partial charge in [-0.2, -0.15) is 4.98 Å². The lowest BCUT2D eigenvalue weighted by atomic mass is 9.79. The number of benzene rings is 4. The number of nitrogens with zero attached hydrogens (tertiary/aromatic N) is 3. The first-order valence-corrected chi connectivity index (χ1v) is 14.2. The molecule has 1 aliphatic heterocycles. The predicted molar refractivity (Wildman–Crippen MR) is 160 cm³/mol. The van der Waals surface area contributed by atoms with E-state index in [2.05, 4.69) is 15.0 Å². The first-order valence-electron chi connectivity index (χ1n) is 14.2. The second kappa shape index (κ2) is 12.5. The van der Waals surface area contributed by atoms with Crippen LogP contribution in [0.1, 0.15) is 24.0 Å². The van der Waals surface area contributed by atoms with Crippen LogP contribution in [0.3, 0.4) is 0 Å². The van der Waals surface area contributed by atoms with Gasteiger partial charge in [0.1, 0.15) is 24.1 Å². The highest BCUT2D eigenvalue weighted by atomic mass is 19.1. The number of hydrogen-bond donors (Lipinski definition) is 0. The summed E-state index contributed by atoms with van der Waals surface area (Å²) in [7, 11) is 0. The maximum absolute atomic E-state index is 14.9. The topological polar surface area (TPSA) is 85.5 Å². The molecule has 0 saturated carbocycles. The van der Waals surface area contributed by atoms with Crippen molar-refractivity contribution in [1.29, 1.82) is 0 Å². The van der Waals surface area contributed by atoms with Crippen LogP contribution in [0.25, 0.3) is 34.0 Å². The van der Waals surface area contributed by atoms with Crippen molar-refractivity contribution in [3.8, 4) is 34.0 Å². The molecule has 0 bridgehead atoms. The highest BCUT2D eigenvalue weighted by Crippen LogP contribution is 2.33. The maximum atomic E-state index is 14.9. The first-order chi connectivity index (χ1) is 21.0. The van der Waals surface area contributed by atoms with E-state index >= 15 is 0 Å². The quantitative estimate of drug-likeness (QED) is 0.109. The van der Waals surface area contributed by atoms with Gasteiger partial charge in [-0.1, -0.05) is 96.2 Å². The number of ether oxygens (including phenoxy) is 1. The second-order valence-corrected chi connectivity index (χ2v) is 10.8. The molecule has 0 spiro atoms. The van der Waals surface area contributed by atoms with Crippen molar-refractivity contribution in [3.05, 3.63) is 120 Å². The highest BCUT2D eigenvalue weighted by molar-refractivity contribution is 5.93. The first kappa shape index (κ1) is 28.2. The zero-order valence-electron chi connectivity index (χ0n) is 23.5. The van der Waals surface area contributed by atoms with Gasteiger partial charge in [0.25, 0.3) is 5.89 Å². The van der Waals surface area contributed by atoms with Crippen LogP contribution in [0.5, 0.6) is 0 Å². The molecule has 1 aromatic heterocycles. The Kier molecular flexibility index (Phi) is 8.20.